The SMILES string of the molecule is CC1=NC=CC1C(C)C. The topological polar surface area (TPSA) is 12.4 Å². The summed E-state index contributed by atoms with van der Waals surface area (Å²) in [6, 6.07) is 0. The first-order chi connectivity index (χ1) is 4.22. The van der Waals surface area contributed by atoms with Crippen molar-refractivity contribution in [3.63, 3.8) is 0 Å². The van der Waals surface area contributed by atoms with Gasteiger partial charge in [-0.15, -0.1) is 0 Å². The highest BCUT2D eigenvalue weighted by Crippen LogP contribution is 2.18. The normalized spacial score (nSPS) is 25.3. The van der Waals surface area contributed by atoms with Crippen LogP contribution in [0.3, 0.4) is 0 Å². The molecule has 1 atom stereocenters. The standard InChI is InChI=1S/C8H13N/c1-6(2)8-4-5-9-7(8)3/h4-6,8H,1-3H3. The first kappa shape index (κ1) is 6.53. The zero-order chi connectivity index (χ0) is 6.85. The fourth-order valence-electron chi connectivity index (χ4n) is 1.18. The van der Waals surface area contributed by atoms with Crippen molar-refractivity contribution in [3.8, 4) is 0 Å². The third kappa shape index (κ3) is 1.21. The summed E-state index contributed by atoms with van der Waals surface area (Å²) in [6.07, 6.45) is 4.07. The van der Waals surface area contributed by atoms with E-state index in [1.54, 1.807) is 0 Å². The van der Waals surface area contributed by atoms with Gasteiger partial charge in [-0.25, -0.2) is 0 Å². The largest absolute Gasteiger partial charge is 0.266 e. The van der Waals surface area contributed by atoms with E-state index in [-0.39, 0.29) is 0 Å². The van der Waals surface area contributed by atoms with Gasteiger partial charge in [0.15, 0.2) is 0 Å². The molecule has 1 heteroatoms. The summed E-state index contributed by atoms with van der Waals surface area (Å²) in [5.41, 5.74) is 1.25. The maximum atomic E-state index is 4.17. The quantitative estimate of drug-likeness (QED) is 0.507. The van der Waals surface area contributed by atoms with Crippen molar-refractivity contribution in [2.75, 3.05) is 0 Å². The van der Waals surface area contributed by atoms with Crippen molar-refractivity contribution in [3.05, 3.63) is 12.3 Å². The Morgan fingerprint density at radius 2 is 2.22 bits per heavy atom. The molecule has 1 unspecified atom stereocenters. The van der Waals surface area contributed by atoms with Gasteiger partial charge in [-0.2, -0.15) is 0 Å². The molecule has 9 heavy (non-hydrogen) atoms. The Balaban J connectivity index is 2.63. The van der Waals surface area contributed by atoms with Crippen LogP contribution in [-0.2, 0) is 0 Å². The van der Waals surface area contributed by atoms with E-state index in [0.717, 1.165) is 0 Å². The third-order valence-electron chi connectivity index (χ3n) is 1.77. The second-order valence-corrected chi connectivity index (χ2v) is 2.88. The van der Waals surface area contributed by atoms with Crippen LogP contribution in [0.15, 0.2) is 17.3 Å². The molecule has 0 fully saturated rings. The molecule has 1 nitrogen and oxygen atoms in total. The molecule has 1 rings (SSSR count). The molecule has 50 valence electrons. The minimum absolute atomic E-state index is 0.602. The average molecular weight is 123 g/mol. The maximum absolute atomic E-state index is 4.17. The van der Waals surface area contributed by atoms with Crippen LogP contribution >= 0.6 is 0 Å². The fourth-order valence-corrected chi connectivity index (χ4v) is 1.18. The molecule has 0 radical (unpaired) electrons. The molecule has 1 aliphatic rings. The smallest absolute Gasteiger partial charge is 0.0234 e. The number of rotatable bonds is 1. The van der Waals surface area contributed by atoms with Gasteiger partial charge < -0.3 is 0 Å². The van der Waals surface area contributed by atoms with E-state index in [2.05, 4.69) is 31.8 Å². The predicted octanol–water partition coefficient (Wildman–Crippen LogP) is 2.25. The molecule has 0 saturated heterocycles. The number of allylic oxidation sites excluding steroid dienone is 1. The van der Waals surface area contributed by atoms with Crippen LogP contribution in [-0.4, -0.2) is 5.71 Å². The molecule has 0 saturated carbocycles. The molecule has 0 bridgehead atoms. The first-order valence-electron chi connectivity index (χ1n) is 3.43. The summed E-state index contributed by atoms with van der Waals surface area (Å²) in [4.78, 5) is 4.17. The second-order valence-electron chi connectivity index (χ2n) is 2.88. The Kier molecular flexibility index (Phi) is 1.70. The highest BCUT2D eigenvalue weighted by Gasteiger charge is 2.15. The zero-order valence-electron chi connectivity index (χ0n) is 6.26. The fraction of sp³-hybridized carbons (Fsp3) is 0.625. The van der Waals surface area contributed by atoms with E-state index >= 15 is 0 Å². The van der Waals surface area contributed by atoms with Gasteiger partial charge >= 0.3 is 0 Å². The molecule has 0 amide bonds. The lowest BCUT2D eigenvalue weighted by molar-refractivity contribution is 0.581. The summed E-state index contributed by atoms with van der Waals surface area (Å²) >= 11 is 0. The van der Waals surface area contributed by atoms with Crippen molar-refractivity contribution in [1.29, 1.82) is 0 Å². The van der Waals surface area contributed by atoms with Crippen molar-refractivity contribution in [2.45, 2.75) is 20.8 Å². The van der Waals surface area contributed by atoms with E-state index in [1.165, 1.54) is 5.71 Å². The lowest BCUT2D eigenvalue weighted by Gasteiger charge is -2.11. The monoisotopic (exact) mass is 123 g/mol. The Labute approximate surface area is 56.5 Å². The van der Waals surface area contributed by atoms with Gasteiger partial charge in [0.1, 0.15) is 0 Å². The Bertz CT molecular complexity index is 154. The lowest BCUT2D eigenvalue weighted by atomic mass is 9.93. The summed E-state index contributed by atoms with van der Waals surface area (Å²) < 4.78 is 0. The predicted molar refractivity (Wildman–Crippen MR) is 40.6 cm³/mol. The Morgan fingerprint density at radius 3 is 2.44 bits per heavy atom. The molecule has 0 N–H and O–H groups in total. The molecule has 1 aliphatic heterocycles. The molecular formula is C8H13N. The zero-order valence-corrected chi connectivity index (χ0v) is 6.26. The van der Waals surface area contributed by atoms with E-state index in [4.69, 9.17) is 0 Å². The molecule has 0 aromatic carbocycles. The van der Waals surface area contributed by atoms with Crippen LogP contribution in [0.1, 0.15) is 20.8 Å². The first-order valence-corrected chi connectivity index (χ1v) is 3.43. The number of nitrogens with zero attached hydrogens (tertiary/aromatic N) is 1. The minimum atomic E-state index is 0.602. The maximum Gasteiger partial charge on any atom is 0.0234 e. The highest BCUT2D eigenvalue weighted by atomic mass is 14.7. The summed E-state index contributed by atoms with van der Waals surface area (Å²) in [5, 5.41) is 0. The molecular weight excluding hydrogens is 110 g/mol. The summed E-state index contributed by atoms with van der Waals surface area (Å²) in [7, 11) is 0. The van der Waals surface area contributed by atoms with Crippen LogP contribution in [0.25, 0.3) is 0 Å². The average Bonchev–Trinajstić information content (AvgIpc) is 2.13. The highest BCUT2D eigenvalue weighted by molar-refractivity contribution is 5.88. The summed E-state index contributed by atoms with van der Waals surface area (Å²) in [5.74, 6) is 1.30. The molecule has 0 spiro atoms. The van der Waals surface area contributed by atoms with Crippen molar-refractivity contribution in [2.24, 2.45) is 16.8 Å². The van der Waals surface area contributed by atoms with Gasteiger partial charge in [0.2, 0.25) is 0 Å². The third-order valence-corrected chi connectivity index (χ3v) is 1.77. The van der Waals surface area contributed by atoms with E-state index in [0.29, 0.717) is 11.8 Å². The van der Waals surface area contributed by atoms with Crippen LogP contribution in [0.5, 0.6) is 0 Å². The van der Waals surface area contributed by atoms with Crippen molar-refractivity contribution >= 4 is 5.71 Å². The molecule has 0 aromatic rings. The van der Waals surface area contributed by atoms with Gasteiger partial charge in [0.05, 0.1) is 0 Å². The Morgan fingerprint density at radius 1 is 1.56 bits per heavy atom. The van der Waals surface area contributed by atoms with Gasteiger partial charge in [-0.1, -0.05) is 19.9 Å². The molecule has 1 heterocycles. The lowest BCUT2D eigenvalue weighted by Crippen LogP contribution is -2.11. The van der Waals surface area contributed by atoms with E-state index in [1.807, 2.05) is 6.20 Å². The number of hydrogen-bond acceptors (Lipinski definition) is 1. The number of hydrogen-bond donors (Lipinski definition) is 0. The number of aliphatic imine (C=N–C) groups is 1. The van der Waals surface area contributed by atoms with Crippen LogP contribution < -0.4 is 0 Å². The van der Waals surface area contributed by atoms with Crippen molar-refractivity contribution in [1.82, 2.24) is 0 Å². The van der Waals surface area contributed by atoms with Gasteiger partial charge in [-0.3, -0.25) is 4.99 Å². The van der Waals surface area contributed by atoms with E-state index < -0.39 is 0 Å². The van der Waals surface area contributed by atoms with E-state index in [9.17, 15) is 0 Å². The minimum Gasteiger partial charge on any atom is -0.266 e. The second kappa shape index (κ2) is 2.34. The van der Waals surface area contributed by atoms with Crippen LogP contribution in [0.2, 0.25) is 0 Å². The van der Waals surface area contributed by atoms with Crippen LogP contribution in [0.4, 0.5) is 0 Å². The van der Waals surface area contributed by atoms with Crippen molar-refractivity contribution < 1.29 is 0 Å². The van der Waals surface area contributed by atoms with Gasteiger partial charge in [0, 0.05) is 17.8 Å². The van der Waals surface area contributed by atoms with Crippen LogP contribution in [0, 0.1) is 11.8 Å². The van der Waals surface area contributed by atoms with Gasteiger partial charge in [-0.05, 0) is 12.8 Å². The summed E-state index contributed by atoms with van der Waals surface area (Å²) in [6.45, 7) is 6.53. The molecule has 0 aliphatic carbocycles. The Hall–Kier alpha value is -0.590. The molecule has 0 aromatic heterocycles. The van der Waals surface area contributed by atoms with Gasteiger partial charge in [0.25, 0.3) is 0 Å².